The van der Waals surface area contributed by atoms with Crippen LogP contribution >= 0.6 is 11.6 Å². The second kappa shape index (κ2) is 10.7. The van der Waals surface area contributed by atoms with Crippen LogP contribution in [0.1, 0.15) is 11.1 Å². The Morgan fingerprint density at radius 1 is 1.15 bits per heavy atom. The van der Waals surface area contributed by atoms with Crippen molar-refractivity contribution >= 4 is 23.5 Å². The van der Waals surface area contributed by atoms with Gasteiger partial charge in [-0.05, 0) is 36.9 Å². The van der Waals surface area contributed by atoms with E-state index in [-0.39, 0.29) is 0 Å². The molecule has 0 unspecified atom stereocenters. The van der Waals surface area contributed by atoms with Gasteiger partial charge < -0.3 is 25.0 Å². The molecule has 0 saturated carbocycles. The number of halogens is 1. The quantitative estimate of drug-likeness (QED) is 0.662. The Balaban J connectivity index is 0.000000527. The van der Waals surface area contributed by atoms with Crippen LogP contribution in [0.2, 0.25) is 5.02 Å². The Labute approximate surface area is 160 Å². The molecule has 0 radical (unpaired) electrons. The monoisotopic (exact) mass is 392 g/mol. The first-order valence-corrected chi connectivity index (χ1v) is 7.84. The van der Waals surface area contributed by atoms with E-state index < -0.39 is 11.9 Å². The number of rotatable bonds is 5. The van der Waals surface area contributed by atoms with E-state index in [2.05, 4.69) is 11.4 Å². The molecule has 0 amide bonds. The van der Waals surface area contributed by atoms with E-state index in [0.717, 1.165) is 5.56 Å². The summed E-state index contributed by atoms with van der Waals surface area (Å²) < 4.78 is 11.1. The van der Waals surface area contributed by atoms with Crippen molar-refractivity contribution in [2.75, 3.05) is 14.2 Å². The summed E-state index contributed by atoms with van der Waals surface area (Å²) in [5.41, 5.74) is 1.45. The minimum atomic E-state index is -1.82. The van der Waals surface area contributed by atoms with E-state index >= 15 is 0 Å². The second-order valence-electron chi connectivity index (χ2n) is 5.01. The van der Waals surface area contributed by atoms with Gasteiger partial charge in [-0.25, -0.2) is 9.59 Å². The third-order valence-corrected chi connectivity index (χ3v) is 3.27. The molecule has 0 aliphatic rings. The topological polar surface area (TPSA) is 129 Å². The minimum absolute atomic E-state index is 0.425. The lowest BCUT2D eigenvalue weighted by Crippen LogP contribution is -2.09. The maximum atomic E-state index is 9.12. The molecule has 2 aromatic carbocycles. The molecular weight excluding hydrogens is 376 g/mol. The molecule has 8 nitrogen and oxygen atoms in total. The average molecular weight is 393 g/mol. The Kier molecular flexibility index (Phi) is 8.59. The number of carboxylic acids is 2. The molecule has 142 valence electrons. The van der Waals surface area contributed by atoms with Crippen LogP contribution < -0.4 is 14.8 Å². The summed E-state index contributed by atoms with van der Waals surface area (Å²) >= 11 is 5.96. The fraction of sp³-hybridized carbons (Fsp3) is 0.167. The standard InChI is InChI=1S/C16H15ClN2O2.C2H2O4/c1-19-10-11-5-14(20-2)8-15(6-11)21-16-7-13(17)4-3-12(16)9-18;3-1(4)2(5)6/h3-8,19H,10H2,1-2H3;(H,3,4)(H,5,6). The molecule has 0 atom stereocenters. The van der Waals surface area contributed by atoms with Gasteiger partial charge in [-0.1, -0.05) is 11.6 Å². The van der Waals surface area contributed by atoms with Crippen LogP contribution in [-0.2, 0) is 16.1 Å². The molecule has 3 N–H and O–H groups in total. The average Bonchev–Trinajstić information content (AvgIpc) is 2.62. The molecule has 0 bridgehead atoms. The normalized spacial score (nSPS) is 9.41. The molecular formula is C18H17ClN2O6. The Bertz CT molecular complexity index is 851. The largest absolute Gasteiger partial charge is 0.497 e. The van der Waals surface area contributed by atoms with Crippen molar-refractivity contribution in [2.45, 2.75) is 6.54 Å². The molecule has 9 heteroatoms. The number of ether oxygens (including phenoxy) is 2. The second-order valence-corrected chi connectivity index (χ2v) is 5.45. The van der Waals surface area contributed by atoms with Gasteiger partial charge in [0.2, 0.25) is 0 Å². The van der Waals surface area contributed by atoms with Gasteiger partial charge in [-0.15, -0.1) is 0 Å². The number of hydrogen-bond donors (Lipinski definition) is 3. The van der Waals surface area contributed by atoms with E-state index in [9.17, 15) is 0 Å². The molecule has 0 saturated heterocycles. The van der Waals surface area contributed by atoms with Gasteiger partial charge in [0.15, 0.2) is 0 Å². The summed E-state index contributed by atoms with van der Waals surface area (Å²) in [5.74, 6) is -1.93. The summed E-state index contributed by atoms with van der Waals surface area (Å²) in [4.78, 5) is 18.2. The van der Waals surface area contributed by atoms with Crippen molar-refractivity contribution in [2.24, 2.45) is 0 Å². The summed E-state index contributed by atoms with van der Waals surface area (Å²) in [6.07, 6.45) is 0. The predicted molar refractivity (Wildman–Crippen MR) is 97.3 cm³/mol. The van der Waals surface area contributed by atoms with Crippen LogP contribution in [0.5, 0.6) is 17.2 Å². The molecule has 2 rings (SSSR count). The van der Waals surface area contributed by atoms with Gasteiger partial charge in [-0.3, -0.25) is 0 Å². The molecule has 0 heterocycles. The van der Waals surface area contributed by atoms with Gasteiger partial charge in [0.05, 0.1) is 12.7 Å². The van der Waals surface area contributed by atoms with Crippen molar-refractivity contribution in [3.05, 3.63) is 52.5 Å². The van der Waals surface area contributed by atoms with E-state index in [1.807, 2.05) is 19.2 Å². The van der Waals surface area contributed by atoms with E-state index in [4.69, 9.17) is 46.1 Å². The van der Waals surface area contributed by atoms with Gasteiger partial charge in [0.25, 0.3) is 0 Å². The molecule has 0 spiro atoms. The lowest BCUT2D eigenvalue weighted by molar-refractivity contribution is -0.159. The first kappa shape index (κ1) is 21.8. The van der Waals surface area contributed by atoms with Crippen molar-refractivity contribution in [3.63, 3.8) is 0 Å². The summed E-state index contributed by atoms with van der Waals surface area (Å²) in [6, 6.07) is 12.6. The highest BCUT2D eigenvalue weighted by atomic mass is 35.5. The highest BCUT2D eigenvalue weighted by Crippen LogP contribution is 2.31. The number of carboxylic acid groups (broad SMARTS) is 2. The highest BCUT2D eigenvalue weighted by Gasteiger charge is 2.08. The number of benzene rings is 2. The molecule has 0 aromatic heterocycles. The van der Waals surface area contributed by atoms with Crippen LogP contribution in [0.15, 0.2) is 36.4 Å². The molecule has 27 heavy (non-hydrogen) atoms. The zero-order valence-corrected chi connectivity index (χ0v) is 15.3. The van der Waals surface area contributed by atoms with Crippen LogP contribution in [-0.4, -0.2) is 36.3 Å². The van der Waals surface area contributed by atoms with Gasteiger partial charge in [0.1, 0.15) is 23.3 Å². The minimum Gasteiger partial charge on any atom is -0.497 e. The van der Waals surface area contributed by atoms with E-state index in [0.29, 0.717) is 34.4 Å². The smallest absolute Gasteiger partial charge is 0.414 e. The van der Waals surface area contributed by atoms with E-state index in [1.165, 1.54) is 0 Å². The van der Waals surface area contributed by atoms with E-state index in [1.54, 1.807) is 31.4 Å². The van der Waals surface area contributed by atoms with Gasteiger partial charge >= 0.3 is 11.9 Å². The van der Waals surface area contributed by atoms with Crippen molar-refractivity contribution in [1.82, 2.24) is 5.32 Å². The number of hydrogen-bond acceptors (Lipinski definition) is 6. The SMILES string of the molecule is CNCc1cc(OC)cc(Oc2cc(Cl)ccc2C#N)c1.O=C(O)C(=O)O. The number of aliphatic carboxylic acids is 2. The van der Waals surface area contributed by atoms with Crippen LogP contribution in [0.3, 0.4) is 0 Å². The van der Waals surface area contributed by atoms with Crippen LogP contribution in [0, 0.1) is 11.3 Å². The zero-order chi connectivity index (χ0) is 20.4. The third kappa shape index (κ3) is 7.23. The summed E-state index contributed by atoms with van der Waals surface area (Å²) in [5, 5.41) is 27.5. The van der Waals surface area contributed by atoms with Crippen LogP contribution in [0.25, 0.3) is 0 Å². The maximum Gasteiger partial charge on any atom is 0.414 e. The van der Waals surface area contributed by atoms with Crippen molar-refractivity contribution in [3.8, 4) is 23.3 Å². The Hall–Kier alpha value is -3.28. The maximum absolute atomic E-state index is 9.12. The Morgan fingerprint density at radius 2 is 1.78 bits per heavy atom. The third-order valence-electron chi connectivity index (χ3n) is 3.03. The summed E-state index contributed by atoms with van der Waals surface area (Å²) in [6.45, 7) is 0.689. The Morgan fingerprint density at radius 3 is 2.30 bits per heavy atom. The fourth-order valence-electron chi connectivity index (χ4n) is 1.91. The first-order valence-electron chi connectivity index (χ1n) is 7.47. The van der Waals surface area contributed by atoms with Crippen molar-refractivity contribution < 1.29 is 29.3 Å². The zero-order valence-electron chi connectivity index (χ0n) is 14.5. The number of carbonyl (C=O) groups is 2. The highest BCUT2D eigenvalue weighted by molar-refractivity contribution is 6.30. The van der Waals surface area contributed by atoms with Crippen molar-refractivity contribution in [1.29, 1.82) is 5.26 Å². The lowest BCUT2D eigenvalue weighted by Gasteiger charge is -2.11. The first-order chi connectivity index (χ1) is 12.8. The van der Waals surface area contributed by atoms with Gasteiger partial charge in [-0.2, -0.15) is 5.26 Å². The fourth-order valence-corrected chi connectivity index (χ4v) is 2.08. The lowest BCUT2D eigenvalue weighted by atomic mass is 10.2. The molecule has 0 aliphatic heterocycles. The molecule has 0 fully saturated rings. The molecule has 0 aliphatic carbocycles. The summed E-state index contributed by atoms with van der Waals surface area (Å²) in [7, 11) is 3.47. The number of methoxy groups -OCH3 is 1. The number of nitrogens with zero attached hydrogens (tertiary/aromatic N) is 1. The number of nitriles is 1. The number of nitrogens with one attached hydrogen (secondary N) is 1. The molecule has 2 aromatic rings. The predicted octanol–water partition coefficient (Wildman–Crippen LogP) is 2.89. The van der Waals surface area contributed by atoms with Crippen LogP contribution in [0.4, 0.5) is 0 Å². The van der Waals surface area contributed by atoms with Gasteiger partial charge in [0, 0.05) is 23.7 Å².